The fourth-order valence-electron chi connectivity index (χ4n) is 2.05. The van der Waals surface area contributed by atoms with Crippen LogP contribution in [0.4, 0.5) is 10.2 Å². The van der Waals surface area contributed by atoms with Gasteiger partial charge in [0.2, 0.25) is 5.91 Å². The Bertz CT molecular complexity index is 393. The lowest BCUT2D eigenvalue weighted by molar-refractivity contribution is -0.120. The molecule has 4 nitrogen and oxygen atoms in total. The lowest BCUT2D eigenvalue weighted by atomic mass is 9.92. The molecule has 1 saturated heterocycles. The molecule has 1 amide bonds. The van der Waals surface area contributed by atoms with E-state index in [0.29, 0.717) is 11.9 Å². The Kier molecular flexibility index (Phi) is 3.68. The van der Waals surface area contributed by atoms with Crippen molar-refractivity contribution in [3.63, 3.8) is 0 Å². The summed E-state index contributed by atoms with van der Waals surface area (Å²) in [6, 6.07) is 3.12. The molecular formula is C12H16FN3O. The molecular weight excluding hydrogens is 221 g/mol. The summed E-state index contributed by atoms with van der Waals surface area (Å²) < 4.78 is 12.6. The highest BCUT2D eigenvalue weighted by Crippen LogP contribution is 2.17. The number of carbonyl (C=O) groups is 1. The predicted octanol–water partition coefficient (Wildman–Crippen LogP) is 1.55. The molecule has 1 aromatic heterocycles. The minimum absolute atomic E-state index is 0.0121. The molecule has 1 aliphatic heterocycles. The van der Waals surface area contributed by atoms with E-state index >= 15 is 0 Å². The largest absolute Gasteiger partial charge is 0.314 e. The van der Waals surface area contributed by atoms with E-state index < -0.39 is 5.82 Å². The molecule has 0 spiro atoms. The Morgan fingerprint density at radius 3 is 3.06 bits per heavy atom. The van der Waals surface area contributed by atoms with E-state index in [4.69, 9.17) is 0 Å². The van der Waals surface area contributed by atoms with Crippen molar-refractivity contribution >= 4 is 11.7 Å². The summed E-state index contributed by atoms with van der Waals surface area (Å²) in [6.07, 6.45) is 2.76. The van der Waals surface area contributed by atoms with E-state index in [9.17, 15) is 9.18 Å². The molecule has 0 saturated carbocycles. The number of nitrogens with one attached hydrogen (secondary N) is 2. The van der Waals surface area contributed by atoms with Gasteiger partial charge in [-0.05, 0) is 38.4 Å². The number of carbonyl (C=O) groups excluding carboxylic acids is 1. The summed E-state index contributed by atoms with van der Waals surface area (Å²) >= 11 is 0. The molecule has 2 unspecified atom stereocenters. The van der Waals surface area contributed by atoms with Crippen molar-refractivity contribution in [3.05, 3.63) is 24.1 Å². The summed E-state index contributed by atoms with van der Waals surface area (Å²) in [5, 5.41) is 6.01. The Hall–Kier alpha value is -1.49. The zero-order chi connectivity index (χ0) is 12.3. The fourth-order valence-corrected chi connectivity index (χ4v) is 2.05. The van der Waals surface area contributed by atoms with Crippen LogP contribution in [0, 0.1) is 11.7 Å². The molecule has 2 N–H and O–H groups in total. The van der Waals surface area contributed by atoms with Crippen LogP contribution in [0.25, 0.3) is 0 Å². The first kappa shape index (κ1) is 12.0. The number of amides is 1. The summed E-state index contributed by atoms with van der Waals surface area (Å²) in [7, 11) is 0. The van der Waals surface area contributed by atoms with Gasteiger partial charge >= 0.3 is 0 Å². The van der Waals surface area contributed by atoms with Crippen LogP contribution in [0.2, 0.25) is 0 Å². The molecule has 0 aromatic carbocycles. The summed E-state index contributed by atoms with van der Waals surface area (Å²) in [5.74, 6) is -0.0170. The molecule has 2 heterocycles. The molecule has 0 radical (unpaired) electrons. The zero-order valence-electron chi connectivity index (χ0n) is 9.74. The maximum absolute atomic E-state index is 12.6. The molecule has 1 fully saturated rings. The maximum atomic E-state index is 12.6. The summed E-state index contributed by atoms with van der Waals surface area (Å²) in [5.41, 5.74) is 0. The normalized spacial score (nSPS) is 24.4. The number of nitrogens with zero attached hydrogens (tertiary/aromatic N) is 1. The van der Waals surface area contributed by atoms with Gasteiger partial charge in [-0.2, -0.15) is 0 Å². The summed E-state index contributed by atoms with van der Waals surface area (Å²) in [6.45, 7) is 2.92. The van der Waals surface area contributed by atoms with Crippen molar-refractivity contribution in [2.45, 2.75) is 25.8 Å². The smallest absolute Gasteiger partial charge is 0.228 e. The van der Waals surface area contributed by atoms with Gasteiger partial charge in [-0.1, -0.05) is 0 Å². The number of anilines is 1. The standard InChI is InChI=1S/C12H16FN3O/c1-8-6-9(4-5-14-8)12(17)16-11-3-2-10(13)7-15-11/h2-3,7-9,14H,4-6H2,1H3,(H,15,16,17). The predicted molar refractivity (Wildman–Crippen MR) is 63.0 cm³/mol. The molecule has 0 bridgehead atoms. The highest BCUT2D eigenvalue weighted by Gasteiger charge is 2.24. The van der Waals surface area contributed by atoms with Crippen LogP contribution in [0.3, 0.4) is 0 Å². The maximum Gasteiger partial charge on any atom is 0.228 e. The van der Waals surface area contributed by atoms with E-state index in [-0.39, 0.29) is 11.8 Å². The highest BCUT2D eigenvalue weighted by molar-refractivity contribution is 5.91. The van der Waals surface area contributed by atoms with Crippen LogP contribution in [0.15, 0.2) is 18.3 Å². The average Bonchev–Trinajstić information content (AvgIpc) is 2.32. The van der Waals surface area contributed by atoms with Crippen LogP contribution in [0.1, 0.15) is 19.8 Å². The van der Waals surface area contributed by atoms with E-state index in [1.165, 1.54) is 12.1 Å². The van der Waals surface area contributed by atoms with Gasteiger partial charge in [-0.15, -0.1) is 0 Å². The van der Waals surface area contributed by atoms with Crippen molar-refractivity contribution < 1.29 is 9.18 Å². The second-order valence-corrected chi connectivity index (χ2v) is 4.43. The number of halogens is 1. The topological polar surface area (TPSA) is 54.0 Å². The quantitative estimate of drug-likeness (QED) is 0.820. The van der Waals surface area contributed by atoms with E-state index in [2.05, 4.69) is 22.5 Å². The van der Waals surface area contributed by atoms with Crippen LogP contribution >= 0.6 is 0 Å². The molecule has 17 heavy (non-hydrogen) atoms. The van der Waals surface area contributed by atoms with Crippen molar-refractivity contribution in [3.8, 4) is 0 Å². The SMILES string of the molecule is CC1CC(C(=O)Nc2ccc(F)cn2)CCN1. The minimum atomic E-state index is -0.404. The molecule has 1 aliphatic rings. The fraction of sp³-hybridized carbons (Fsp3) is 0.500. The van der Waals surface area contributed by atoms with Gasteiger partial charge in [0.15, 0.2) is 0 Å². The van der Waals surface area contributed by atoms with Gasteiger partial charge in [0, 0.05) is 12.0 Å². The number of hydrogen-bond acceptors (Lipinski definition) is 3. The number of piperidine rings is 1. The van der Waals surface area contributed by atoms with Crippen molar-refractivity contribution in [2.24, 2.45) is 5.92 Å². The van der Waals surface area contributed by atoms with Crippen molar-refractivity contribution in [1.82, 2.24) is 10.3 Å². The molecule has 5 heteroatoms. The lowest BCUT2D eigenvalue weighted by Gasteiger charge is -2.26. The molecule has 2 atom stereocenters. The third-order valence-corrected chi connectivity index (χ3v) is 2.97. The Labute approximate surface area is 99.6 Å². The summed E-state index contributed by atoms with van der Waals surface area (Å²) in [4.78, 5) is 15.7. The van der Waals surface area contributed by atoms with Gasteiger partial charge in [0.05, 0.1) is 6.20 Å². The van der Waals surface area contributed by atoms with Gasteiger partial charge < -0.3 is 10.6 Å². The third kappa shape index (κ3) is 3.23. The van der Waals surface area contributed by atoms with E-state index in [1.54, 1.807) is 0 Å². The molecule has 2 rings (SSSR count). The first-order valence-electron chi connectivity index (χ1n) is 5.81. The highest BCUT2D eigenvalue weighted by atomic mass is 19.1. The minimum Gasteiger partial charge on any atom is -0.314 e. The zero-order valence-corrected chi connectivity index (χ0v) is 9.74. The monoisotopic (exact) mass is 237 g/mol. The van der Waals surface area contributed by atoms with Crippen molar-refractivity contribution in [1.29, 1.82) is 0 Å². The first-order valence-corrected chi connectivity index (χ1v) is 5.81. The van der Waals surface area contributed by atoms with Crippen LogP contribution < -0.4 is 10.6 Å². The van der Waals surface area contributed by atoms with Crippen LogP contribution in [0.5, 0.6) is 0 Å². The van der Waals surface area contributed by atoms with Crippen molar-refractivity contribution in [2.75, 3.05) is 11.9 Å². The number of hydrogen-bond donors (Lipinski definition) is 2. The Morgan fingerprint density at radius 2 is 2.41 bits per heavy atom. The first-order chi connectivity index (χ1) is 8.15. The number of pyridine rings is 1. The number of rotatable bonds is 2. The van der Waals surface area contributed by atoms with Crippen LogP contribution in [-0.4, -0.2) is 23.5 Å². The van der Waals surface area contributed by atoms with Crippen LogP contribution in [-0.2, 0) is 4.79 Å². The molecule has 1 aromatic rings. The Morgan fingerprint density at radius 1 is 1.59 bits per heavy atom. The van der Waals surface area contributed by atoms with Gasteiger partial charge in [-0.25, -0.2) is 9.37 Å². The second kappa shape index (κ2) is 5.23. The second-order valence-electron chi connectivity index (χ2n) is 4.43. The van der Waals surface area contributed by atoms with Gasteiger partial charge in [0.1, 0.15) is 11.6 Å². The molecule has 92 valence electrons. The van der Waals surface area contributed by atoms with Gasteiger partial charge in [0.25, 0.3) is 0 Å². The van der Waals surface area contributed by atoms with Gasteiger partial charge in [-0.3, -0.25) is 4.79 Å². The van der Waals surface area contributed by atoms with E-state index in [1.807, 2.05) is 0 Å². The lowest BCUT2D eigenvalue weighted by Crippen LogP contribution is -2.40. The van der Waals surface area contributed by atoms with E-state index in [0.717, 1.165) is 25.6 Å². The number of aromatic nitrogens is 1. The molecule has 0 aliphatic carbocycles. The Balaban J connectivity index is 1.94. The average molecular weight is 237 g/mol. The third-order valence-electron chi connectivity index (χ3n) is 2.97.